The van der Waals surface area contributed by atoms with E-state index in [4.69, 9.17) is 0 Å². The molecule has 1 fully saturated rings. The highest BCUT2D eigenvalue weighted by atomic mass is 32.2. The van der Waals surface area contributed by atoms with Crippen LogP contribution in [0.4, 0.5) is 11.4 Å². The second-order valence-corrected chi connectivity index (χ2v) is 9.08. The molecule has 0 radical (unpaired) electrons. The average molecular weight is 386 g/mol. The first kappa shape index (κ1) is 19.1. The van der Waals surface area contributed by atoms with Crippen LogP contribution in [-0.4, -0.2) is 26.0 Å². The van der Waals surface area contributed by atoms with Crippen LogP contribution in [0.25, 0.3) is 0 Å². The van der Waals surface area contributed by atoms with Crippen LogP contribution < -0.4 is 9.62 Å². The van der Waals surface area contributed by atoms with Crippen molar-refractivity contribution in [3.05, 3.63) is 59.7 Å². The van der Waals surface area contributed by atoms with E-state index in [0.717, 1.165) is 10.7 Å². The Balaban J connectivity index is 1.78. The number of sulfonamides is 1. The van der Waals surface area contributed by atoms with Crippen molar-refractivity contribution < 1.29 is 18.0 Å². The lowest BCUT2D eigenvalue weighted by Gasteiger charge is -2.17. The van der Waals surface area contributed by atoms with Gasteiger partial charge in [0.15, 0.2) is 0 Å². The van der Waals surface area contributed by atoms with Gasteiger partial charge in [-0.05, 0) is 62.2 Å². The molecule has 1 heterocycles. The van der Waals surface area contributed by atoms with Crippen LogP contribution in [-0.2, 0) is 21.2 Å². The summed E-state index contributed by atoms with van der Waals surface area (Å²) in [5.41, 5.74) is 1.52. The predicted molar refractivity (Wildman–Crippen MR) is 105 cm³/mol. The largest absolute Gasteiger partial charge is 0.322 e. The molecule has 3 rings (SSSR count). The van der Waals surface area contributed by atoms with Gasteiger partial charge in [-0.15, -0.1) is 0 Å². The maximum absolute atomic E-state index is 12.4. The van der Waals surface area contributed by atoms with Crippen molar-refractivity contribution >= 4 is 33.2 Å². The summed E-state index contributed by atoms with van der Waals surface area (Å²) in [4.78, 5) is 24.8. The second kappa shape index (κ2) is 6.81. The van der Waals surface area contributed by atoms with Gasteiger partial charge in [0, 0.05) is 11.3 Å². The molecule has 2 aromatic carbocycles. The topological polar surface area (TPSA) is 83.6 Å². The van der Waals surface area contributed by atoms with Crippen LogP contribution in [0.1, 0.15) is 36.7 Å². The molecule has 1 aliphatic rings. The summed E-state index contributed by atoms with van der Waals surface area (Å²) in [6.07, 6.45) is 0.921. The van der Waals surface area contributed by atoms with Crippen molar-refractivity contribution in [2.75, 3.05) is 15.4 Å². The fraction of sp³-hybridized carbons (Fsp3) is 0.300. The van der Waals surface area contributed by atoms with E-state index < -0.39 is 21.3 Å². The van der Waals surface area contributed by atoms with Gasteiger partial charge in [-0.2, -0.15) is 0 Å². The molecule has 0 unspecified atom stereocenters. The van der Waals surface area contributed by atoms with Gasteiger partial charge in [0.1, 0.15) is 0 Å². The predicted octanol–water partition coefficient (Wildman–Crippen LogP) is 3.20. The van der Waals surface area contributed by atoms with E-state index in [2.05, 4.69) is 12.2 Å². The molecule has 0 spiro atoms. The van der Waals surface area contributed by atoms with Gasteiger partial charge >= 0.3 is 0 Å². The average Bonchev–Trinajstić information content (AvgIpc) is 2.78. The summed E-state index contributed by atoms with van der Waals surface area (Å²) in [5, 5.41) is 2.80. The number of benzene rings is 2. The first-order valence-corrected chi connectivity index (χ1v) is 10.3. The van der Waals surface area contributed by atoms with Crippen LogP contribution in [0.15, 0.2) is 48.5 Å². The Hall–Kier alpha value is -2.67. The van der Waals surface area contributed by atoms with Crippen LogP contribution in [0.5, 0.6) is 0 Å². The Morgan fingerprint density at radius 3 is 2.15 bits per heavy atom. The summed E-state index contributed by atoms with van der Waals surface area (Å²) in [6, 6.07) is 13.6. The molecule has 2 aromatic rings. The molecule has 0 bridgehead atoms. The van der Waals surface area contributed by atoms with Crippen LogP contribution in [0.3, 0.4) is 0 Å². The van der Waals surface area contributed by atoms with Crippen molar-refractivity contribution in [3.8, 4) is 0 Å². The zero-order valence-electron chi connectivity index (χ0n) is 15.5. The van der Waals surface area contributed by atoms with Crippen molar-refractivity contribution in [2.24, 2.45) is 5.41 Å². The first-order valence-electron chi connectivity index (χ1n) is 8.72. The number of hydrogen-bond donors (Lipinski definition) is 1. The van der Waals surface area contributed by atoms with E-state index in [1.165, 1.54) is 29.8 Å². The summed E-state index contributed by atoms with van der Waals surface area (Å²) in [6.45, 7) is 5.28. The number of aryl methyl sites for hydroxylation is 1. The Kier molecular flexibility index (Phi) is 4.82. The summed E-state index contributed by atoms with van der Waals surface area (Å²) >= 11 is 0. The highest BCUT2D eigenvalue weighted by molar-refractivity contribution is 7.94. The Morgan fingerprint density at radius 1 is 1.07 bits per heavy atom. The molecule has 0 aromatic heterocycles. The van der Waals surface area contributed by atoms with Gasteiger partial charge in [-0.3, -0.25) is 9.59 Å². The third kappa shape index (κ3) is 3.73. The zero-order valence-corrected chi connectivity index (χ0v) is 16.3. The lowest BCUT2D eigenvalue weighted by Crippen LogP contribution is -2.32. The summed E-state index contributed by atoms with van der Waals surface area (Å²) < 4.78 is 25.5. The van der Waals surface area contributed by atoms with Crippen molar-refractivity contribution in [3.63, 3.8) is 0 Å². The Morgan fingerprint density at radius 2 is 1.67 bits per heavy atom. The molecule has 7 heteroatoms. The van der Waals surface area contributed by atoms with E-state index in [9.17, 15) is 18.0 Å². The van der Waals surface area contributed by atoms with Gasteiger partial charge in [0.2, 0.25) is 15.9 Å². The summed E-state index contributed by atoms with van der Waals surface area (Å²) in [7, 11) is -3.70. The lowest BCUT2D eigenvalue weighted by molar-refractivity contribution is -0.123. The molecule has 27 heavy (non-hydrogen) atoms. The van der Waals surface area contributed by atoms with E-state index in [0.29, 0.717) is 11.3 Å². The van der Waals surface area contributed by atoms with Gasteiger partial charge in [-0.25, -0.2) is 12.7 Å². The van der Waals surface area contributed by atoms with E-state index >= 15 is 0 Å². The molecule has 1 aliphatic heterocycles. The van der Waals surface area contributed by atoms with Crippen LogP contribution in [0, 0.1) is 5.41 Å². The third-order valence-corrected chi connectivity index (χ3v) is 6.59. The molecule has 0 aliphatic carbocycles. The Labute approximate surface area is 159 Å². The summed E-state index contributed by atoms with van der Waals surface area (Å²) in [5.74, 6) is -0.994. The smallest absolute Gasteiger partial charge is 0.255 e. The standard InChI is InChI=1S/C20H22N2O4S/c1-4-14-5-9-16(10-6-14)21-18(23)15-7-11-17(12-8-15)22-19(24)20(2,3)13-27(22,25)26/h5-12H,4,13H2,1-3H3,(H,21,23). The maximum Gasteiger partial charge on any atom is 0.255 e. The molecule has 1 saturated heterocycles. The van der Waals surface area contributed by atoms with E-state index in [1.807, 2.05) is 24.3 Å². The Bertz CT molecular complexity index is 978. The number of hydrogen-bond acceptors (Lipinski definition) is 4. The fourth-order valence-electron chi connectivity index (χ4n) is 3.04. The fourth-order valence-corrected chi connectivity index (χ4v) is 5.14. The number of nitrogens with one attached hydrogen (secondary N) is 1. The number of carbonyl (C=O) groups is 2. The lowest BCUT2D eigenvalue weighted by atomic mass is 9.95. The van der Waals surface area contributed by atoms with Crippen molar-refractivity contribution in [2.45, 2.75) is 27.2 Å². The molecule has 2 amide bonds. The zero-order chi connectivity index (χ0) is 19.8. The second-order valence-electron chi connectivity index (χ2n) is 7.26. The molecular formula is C20H22N2O4S. The highest BCUT2D eigenvalue weighted by Gasteiger charge is 2.49. The van der Waals surface area contributed by atoms with Crippen LogP contribution in [0.2, 0.25) is 0 Å². The number of carbonyl (C=O) groups excluding carboxylic acids is 2. The van der Waals surface area contributed by atoms with Gasteiger partial charge < -0.3 is 5.32 Å². The minimum absolute atomic E-state index is 0.227. The third-order valence-electron chi connectivity index (χ3n) is 4.57. The number of rotatable bonds is 4. The van der Waals surface area contributed by atoms with Gasteiger partial charge in [0.05, 0.1) is 16.9 Å². The van der Waals surface area contributed by atoms with Gasteiger partial charge in [-0.1, -0.05) is 19.1 Å². The quantitative estimate of drug-likeness (QED) is 0.875. The highest BCUT2D eigenvalue weighted by Crippen LogP contribution is 2.35. The minimum atomic E-state index is -3.70. The van der Waals surface area contributed by atoms with E-state index in [1.54, 1.807) is 13.8 Å². The first-order chi connectivity index (χ1) is 12.6. The van der Waals surface area contributed by atoms with Crippen LogP contribution >= 0.6 is 0 Å². The molecule has 1 N–H and O–H groups in total. The molecule has 0 saturated carbocycles. The molecule has 0 atom stereocenters. The number of amides is 2. The molecule has 6 nitrogen and oxygen atoms in total. The maximum atomic E-state index is 12.4. The monoisotopic (exact) mass is 386 g/mol. The SMILES string of the molecule is CCc1ccc(NC(=O)c2ccc(N3C(=O)C(C)(C)CS3(=O)=O)cc2)cc1. The molecular weight excluding hydrogens is 364 g/mol. The van der Waals surface area contributed by atoms with Crippen molar-refractivity contribution in [1.29, 1.82) is 0 Å². The van der Waals surface area contributed by atoms with Crippen molar-refractivity contribution in [1.82, 2.24) is 0 Å². The normalized spacial score (nSPS) is 17.7. The van der Waals surface area contributed by atoms with Gasteiger partial charge in [0.25, 0.3) is 5.91 Å². The van der Waals surface area contributed by atoms with E-state index in [-0.39, 0.29) is 17.3 Å². The number of nitrogens with zero attached hydrogens (tertiary/aromatic N) is 1. The number of anilines is 2. The molecule has 142 valence electrons. The minimum Gasteiger partial charge on any atom is -0.322 e.